The van der Waals surface area contributed by atoms with Crippen molar-refractivity contribution in [2.24, 2.45) is 5.73 Å². The Morgan fingerprint density at radius 2 is 2.25 bits per heavy atom. The fourth-order valence-corrected chi connectivity index (χ4v) is 3.39. The number of hydrogen-bond acceptors (Lipinski definition) is 5. The Hall–Kier alpha value is -0.910. The molecule has 0 spiro atoms. The van der Waals surface area contributed by atoms with Gasteiger partial charge in [0.15, 0.2) is 0 Å². The highest BCUT2D eigenvalue weighted by atomic mass is 32.2. The number of nitrogens with zero attached hydrogens (tertiary/aromatic N) is 1. The van der Waals surface area contributed by atoms with E-state index in [4.69, 9.17) is 10.5 Å². The first-order chi connectivity index (χ1) is 9.49. The van der Waals surface area contributed by atoms with E-state index in [9.17, 15) is 8.42 Å². The van der Waals surface area contributed by atoms with E-state index >= 15 is 0 Å². The summed E-state index contributed by atoms with van der Waals surface area (Å²) in [5.74, 6) is 5.70. The molecule has 7 heteroatoms. The molecule has 1 aromatic rings. The van der Waals surface area contributed by atoms with Crippen LogP contribution in [-0.2, 0) is 21.3 Å². The Kier molecular flexibility index (Phi) is 7.19. The summed E-state index contributed by atoms with van der Waals surface area (Å²) in [6, 6.07) is 1.89. The maximum atomic E-state index is 12.0. The highest BCUT2D eigenvalue weighted by Gasteiger charge is 2.18. The van der Waals surface area contributed by atoms with Gasteiger partial charge in [0.2, 0.25) is 10.0 Å². The van der Waals surface area contributed by atoms with Crippen LogP contribution in [0.1, 0.15) is 17.4 Å². The number of rotatable bonds is 7. The van der Waals surface area contributed by atoms with Gasteiger partial charge < -0.3 is 10.5 Å². The number of sulfonamides is 1. The molecule has 0 fully saturated rings. The van der Waals surface area contributed by atoms with Gasteiger partial charge in [-0.2, -0.15) is 4.31 Å². The van der Waals surface area contributed by atoms with Gasteiger partial charge >= 0.3 is 0 Å². The van der Waals surface area contributed by atoms with Crippen molar-refractivity contribution in [3.8, 4) is 11.8 Å². The summed E-state index contributed by atoms with van der Waals surface area (Å²) < 4.78 is 30.4. The van der Waals surface area contributed by atoms with Gasteiger partial charge in [-0.05, 0) is 13.0 Å². The molecule has 0 bridgehead atoms. The van der Waals surface area contributed by atoms with Gasteiger partial charge in [0.05, 0.1) is 18.9 Å². The number of thiophene rings is 1. The highest BCUT2D eigenvalue weighted by molar-refractivity contribution is 7.89. The van der Waals surface area contributed by atoms with E-state index in [0.29, 0.717) is 19.7 Å². The van der Waals surface area contributed by atoms with E-state index in [1.54, 1.807) is 7.05 Å². The standard InChI is InChI=1S/C13H20N2O3S2/c1-3-18-7-8-20(16,17)15(2)10-13-9-12(11-19-13)5-4-6-14/h9,11H,3,6-8,10,14H2,1-2H3. The van der Waals surface area contributed by atoms with Crippen LogP contribution >= 0.6 is 11.3 Å². The van der Waals surface area contributed by atoms with Crippen LogP contribution in [0.5, 0.6) is 0 Å². The molecule has 5 nitrogen and oxygen atoms in total. The third-order valence-electron chi connectivity index (χ3n) is 2.53. The molecule has 0 radical (unpaired) electrons. The number of nitrogens with two attached hydrogens (primary N) is 1. The molecule has 0 unspecified atom stereocenters. The van der Waals surface area contributed by atoms with Gasteiger partial charge in [0, 0.05) is 36.0 Å². The van der Waals surface area contributed by atoms with E-state index in [-0.39, 0.29) is 12.4 Å². The molecule has 112 valence electrons. The lowest BCUT2D eigenvalue weighted by Gasteiger charge is -2.16. The molecular formula is C13H20N2O3S2. The largest absolute Gasteiger partial charge is 0.381 e. The zero-order chi connectivity index (χ0) is 15.0. The zero-order valence-electron chi connectivity index (χ0n) is 11.8. The van der Waals surface area contributed by atoms with Gasteiger partial charge in [-0.1, -0.05) is 11.8 Å². The molecular weight excluding hydrogens is 296 g/mol. The predicted octanol–water partition coefficient (Wildman–Crippen LogP) is 0.856. The third kappa shape index (κ3) is 5.61. The minimum absolute atomic E-state index is 0.00253. The molecule has 2 N–H and O–H groups in total. The Labute approximate surface area is 124 Å². The molecule has 0 aliphatic rings. The average Bonchev–Trinajstić information content (AvgIpc) is 2.84. The summed E-state index contributed by atoms with van der Waals surface area (Å²) in [5.41, 5.74) is 6.18. The van der Waals surface area contributed by atoms with E-state index in [1.807, 2.05) is 18.4 Å². The van der Waals surface area contributed by atoms with E-state index < -0.39 is 10.0 Å². The topological polar surface area (TPSA) is 72.6 Å². The summed E-state index contributed by atoms with van der Waals surface area (Å²) in [6.45, 7) is 3.25. The second-order valence-corrected chi connectivity index (χ2v) is 7.27. The van der Waals surface area contributed by atoms with Crippen molar-refractivity contribution in [1.29, 1.82) is 0 Å². The smallest absolute Gasteiger partial charge is 0.216 e. The lowest BCUT2D eigenvalue weighted by Crippen LogP contribution is -2.30. The average molecular weight is 316 g/mol. The minimum Gasteiger partial charge on any atom is -0.381 e. The SMILES string of the molecule is CCOCCS(=O)(=O)N(C)Cc1cc(C#CCN)cs1. The summed E-state index contributed by atoms with van der Waals surface area (Å²) in [6.07, 6.45) is 0. The van der Waals surface area contributed by atoms with E-state index in [1.165, 1.54) is 15.6 Å². The van der Waals surface area contributed by atoms with Gasteiger partial charge in [0.1, 0.15) is 0 Å². The number of ether oxygens (including phenoxy) is 1. The van der Waals surface area contributed by atoms with Crippen LogP contribution in [0.25, 0.3) is 0 Å². The van der Waals surface area contributed by atoms with Crippen molar-refractivity contribution in [1.82, 2.24) is 4.31 Å². The molecule has 0 aliphatic heterocycles. The summed E-state index contributed by atoms with van der Waals surface area (Å²) >= 11 is 1.49. The summed E-state index contributed by atoms with van der Waals surface area (Å²) in [4.78, 5) is 0.953. The van der Waals surface area contributed by atoms with Crippen molar-refractivity contribution >= 4 is 21.4 Å². The van der Waals surface area contributed by atoms with Gasteiger partial charge in [-0.25, -0.2) is 8.42 Å². The first kappa shape index (κ1) is 17.1. The molecule has 0 aromatic carbocycles. The summed E-state index contributed by atoms with van der Waals surface area (Å²) in [7, 11) is -1.70. The van der Waals surface area contributed by atoms with Crippen molar-refractivity contribution < 1.29 is 13.2 Å². The first-order valence-electron chi connectivity index (χ1n) is 6.27. The van der Waals surface area contributed by atoms with Crippen molar-refractivity contribution in [2.75, 3.05) is 32.6 Å². The molecule has 1 aromatic heterocycles. The van der Waals surface area contributed by atoms with Crippen LogP contribution in [0.2, 0.25) is 0 Å². The Morgan fingerprint density at radius 1 is 1.50 bits per heavy atom. The van der Waals surface area contributed by atoms with Crippen molar-refractivity contribution in [3.05, 3.63) is 21.9 Å². The monoisotopic (exact) mass is 316 g/mol. The number of hydrogen-bond donors (Lipinski definition) is 1. The molecule has 20 heavy (non-hydrogen) atoms. The van der Waals surface area contributed by atoms with E-state index in [0.717, 1.165) is 10.4 Å². The highest BCUT2D eigenvalue weighted by Crippen LogP contribution is 2.17. The summed E-state index contributed by atoms with van der Waals surface area (Å²) in [5, 5.41) is 1.90. The quantitative estimate of drug-likeness (QED) is 0.598. The molecule has 0 aliphatic carbocycles. The first-order valence-corrected chi connectivity index (χ1v) is 8.76. The van der Waals surface area contributed by atoms with Gasteiger partial charge in [-0.15, -0.1) is 11.3 Å². The van der Waals surface area contributed by atoms with Crippen LogP contribution in [0.15, 0.2) is 11.4 Å². The van der Waals surface area contributed by atoms with Crippen LogP contribution in [0.4, 0.5) is 0 Å². The predicted molar refractivity (Wildman–Crippen MR) is 82.0 cm³/mol. The Balaban J connectivity index is 2.60. The molecule has 0 saturated carbocycles. The van der Waals surface area contributed by atoms with Crippen LogP contribution in [-0.4, -0.2) is 45.3 Å². The maximum Gasteiger partial charge on any atom is 0.216 e. The molecule has 0 atom stereocenters. The van der Waals surface area contributed by atoms with Gasteiger partial charge in [-0.3, -0.25) is 0 Å². The molecule has 1 heterocycles. The third-order valence-corrected chi connectivity index (χ3v) is 5.21. The van der Waals surface area contributed by atoms with Gasteiger partial charge in [0.25, 0.3) is 0 Å². The van der Waals surface area contributed by atoms with Crippen LogP contribution in [0.3, 0.4) is 0 Å². The zero-order valence-corrected chi connectivity index (χ0v) is 13.4. The molecule has 0 saturated heterocycles. The molecule has 0 amide bonds. The van der Waals surface area contributed by atoms with Crippen LogP contribution in [0, 0.1) is 11.8 Å². The lowest BCUT2D eigenvalue weighted by atomic mass is 10.3. The second-order valence-electron chi connectivity index (χ2n) is 4.08. The van der Waals surface area contributed by atoms with Crippen LogP contribution < -0.4 is 5.73 Å². The minimum atomic E-state index is -3.28. The van der Waals surface area contributed by atoms with Crippen molar-refractivity contribution in [3.63, 3.8) is 0 Å². The van der Waals surface area contributed by atoms with Crippen molar-refractivity contribution in [2.45, 2.75) is 13.5 Å². The lowest BCUT2D eigenvalue weighted by molar-refractivity contribution is 0.162. The maximum absolute atomic E-state index is 12.0. The fraction of sp³-hybridized carbons (Fsp3) is 0.538. The fourth-order valence-electron chi connectivity index (χ4n) is 1.46. The normalized spacial score (nSPS) is 11.4. The second kappa shape index (κ2) is 8.39. The Bertz CT molecular complexity index is 570. The Morgan fingerprint density at radius 3 is 2.90 bits per heavy atom. The molecule has 1 rings (SSSR count). The van der Waals surface area contributed by atoms with E-state index in [2.05, 4.69) is 11.8 Å².